The minimum absolute atomic E-state index is 0.0865. The maximum absolute atomic E-state index is 12.0. The minimum atomic E-state index is -0.120. The normalized spacial score (nSPS) is 11.2. The van der Waals surface area contributed by atoms with Crippen molar-refractivity contribution in [3.05, 3.63) is 28.8 Å². The molecule has 5 nitrogen and oxygen atoms in total. The number of phenols is 1. The number of esters is 2. The highest BCUT2D eigenvalue weighted by Crippen LogP contribution is 2.26. The molecule has 1 N–H and O–H groups in total. The number of aromatic hydroxyl groups is 1. The van der Waals surface area contributed by atoms with Crippen LogP contribution in [-0.4, -0.2) is 41.8 Å². The Morgan fingerprint density at radius 1 is 0.587 bits per heavy atom. The van der Waals surface area contributed by atoms with Gasteiger partial charge in [0.25, 0.3) is 0 Å². The Labute approximate surface area is 287 Å². The van der Waals surface area contributed by atoms with Gasteiger partial charge in [-0.3, -0.25) is 9.59 Å². The van der Waals surface area contributed by atoms with Gasteiger partial charge in [-0.25, -0.2) is 0 Å². The Morgan fingerprint density at radius 3 is 1.50 bits per heavy atom. The summed E-state index contributed by atoms with van der Waals surface area (Å²) in [6, 6.07) is 4.27. The molecule has 0 spiro atoms. The third-order valence-electron chi connectivity index (χ3n) is 8.80. The standard InChI is InChI=1S/C40H70O5S/c1-4-6-8-9-10-11-12-13-14-15-16-17-18-19-23-27-38(41)44-29-31-46-32-30-45-39(42)28-24-21-20-22-25-36-33-35(3)40(43)37(34-36)26-7-5-2/h33-34,43H,4-32H2,1-3H3. The largest absolute Gasteiger partial charge is 0.507 e. The van der Waals surface area contributed by atoms with Gasteiger partial charge in [-0.15, -0.1) is 0 Å². The van der Waals surface area contributed by atoms with Crippen molar-refractivity contribution in [2.24, 2.45) is 0 Å². The van der Waals surface area contributed by atoms with Crippen LogP contribution in [0.1, 0.15) is 178 Å². The molecule has 0 amide bonds. The van der Waals surface area contributed by atoms with Crippen LogP contribution in [0.15, 0.2) is 12.1 Å². The molecule has 0 fully saturated rings. The molecule has 1 aromatic rings. The van der Waals surface area contributed by atoms with Gasteiger partial charge in [-0.2, -0.15) is 11.8 Å². The van der Waals surface area contributed by atoms with Crippen molar-refractivity contribution >= 4 is 23.7 Å². The maximum Gasteiger partial charge on any atom is 0.305 e. The van der Waals surface area contributed by atoms with Crippen molar-refractivity contribution in [2.75, 3.05) is 24.7 Å². The summed E-state index contributed by atoms with van der Waals surface area (Å²) >= 11 is 1.66. The molecule has 0 aliphatic heterocycles. The Hall–Kier alpha value is -1.69. The topological polar surface area (TPSA) is 72.8 Å². The van der Waals surface area contributed by atoms with Crippen molar-refractivity contribution in [1.29, 1.82) is 0 Å². The summed E-state index contributed by atoms with van der Waals surface area (Å²) in [7, 11) is 0. The van der Waals surface area contributed by atoms with Crippen molar-refractivity contribution in [2.45, 2.75) is 181 Å². The van der Waals surface area contributed by atoms with E-state index < -0.39 is 0 Å². The Kier molecular flexibility index (Phi) is 28.2. The van der Waals surface area contributed by atoms with E-state index in [0.717, 1.165) is 86.8 Å². The fourth-order valence-electron chi connectivity index (χ4n) is 5.90. The van der Waals surface area contributed by atoms with Gasteiger partial charge in [-0.05, 0) is 62.1 Å². The van der Waals surface area contributed by atoms with E-state index in [4.69, 9.17) is 9.47 Å². The van der Waals surface area contributed by atoms with Crippen LogP contribution in [0.2, 0.25) is 0 Å². The van der Waals surface area contributed by atoms with E-state index in [1.807, 2.05) is 6.92 Å². The summed E-state index contributed by atoms with van der Waals surface area (Å²) in [5.41, 5.74) is 3.34. The second-order valence-corrected chi connectivity index (χ2v) is 14.4. The van der Waals surface area contributed by atoms with Crippen LogP contribution in [0.25, 0.3) is 0 Å². The summed E-state index contributed by atoms with van der Waals surface area (Å²) in [6.07, 6.45) is 29.1. The zero-order chi connectivity index (χ0) is 33.5. The number of hydrogen-bond acceptors (Lipinski definition) is 6. The first kappa shape index (κ1) is 42.3. The lowest BCUT2D eigenvalue weighted by molar-refractivity contribution is -0.143. The highest BCUT2D eigenvalue weighted by Gasteiger charge is 2.08. The van der Waals surface area contributed by atoms with E-state index >= 15 is 0 Å². The van der Waals surface area contributed by atoms with Gasteiger partial charge in [0.1, 0.15) is 19.0 Å². The molecule has 1 aromatic carbocycles. The smallest absolute Gasteiger partial charge is 0.305 e. The van der Waals surface area contributed by atoms with Gasteiger partial charge in [-0.1, -0.05) is 135 Å². The predicted molar refractivity (Wildman–Crippen MR) is 197 cm³/mol. The number of thioether (sulfide) groups is 1. The Balaban J connectivity index is 1.86. The maximum atomic E-state index is 12.0. The van der Waals surface area contributed by atoms with Gasteiger partial charge in [0, 0.05) is 24.3 Å². The summed E-state index contributed by atoms with van der Waals surface area (Å²) < 4.78 is 10.7. The zero-order valence-electron chi connectivity index (χ0n) is 30.1. The van der Waals surface area contributed by atoms with Crippen molar-refractivity contribution < 1.29 is 24.2 Å². The molecule has 0 saturated carbocycles. The fourth-order valence-corrected chi connectivity index (χ4v) is 6.51. The molecule has 46 heavy (non-hydrogen) atoms. The molecular formula is C40H70O5S. The number of ether oxygens (including phenoxy) is 2. The van der Waals surface area contributed by atoms with Crippen molar-refractivity contribution in [3.63, 3.8) is 0 Å². The molecule has 1 rings (SSSR count). The second-order valence-electron chi connectivity index (χ2n) is 13.2. The monoisotopic (exact) mass is 662 g/mol. The molecular weight excluding hydrogens is 593 g/mol. The SMILES string of the molecule is CCCCCCCCCCCCCCCCCC(=O)OCCSCCOC(=O)CCCCCCc1cc(C)c(O)c(CCCC)c1. The number of aryl methyl sites for hydroxylation is 3. The number of carbonyl (C=O) groups is 2. The molecule has 0 heterocycles. The first-order chi connectivity index (χ1) is 22.5. The van der Waals surface area contributed by atoms with Crippen LogP contribution in [0.4, 0.5) is 0 Å². The summed E-state index contributed by atoms with van der Waals surface area (Å²) in [4.78, 5) is 24.0. The van der Waals surface area contributed by atoms with Gasteiger partial charge in [0.05, 0.1) is 0 Å². The van der Waals surface area contributed by atoms with Crippen LogP contribution in [0.5, 0.6) is 5.75 Å². The van der Waals surface area contributed by atoms with Crippen LogP contribution in [0.3, 0.4) is 0 Å². The number of carbonyl (C=O) groups excluding carboxylic acids is 2. The van der Waals surface area contributed by atoms with E-state index in [0.29, 0.717) is 31.8 Å². The molecule has 0 saturated heterocycles. The van der Waals surface area contributed by atoms with E-state index in [-0.39, 0.29) is 11.9 Å². The van der Waals surface area contributed by atoms with Crippen LogP contribution in [0, 0.1) is 6.92 Å². The van der Waals surface area contributed by atoms with E-state index in [9.17, 15) is 14.7 Å². The number of phenolic OH excluding ortho intramolecular Hbond substituents is 1. The van der Waals surface area contributed by atoms with Crippen LogP contribution < -0.4 is 0 Å². The summed E-state index contributed by atoms with van der Waals surface area (Å²) in [5.74, 6) is 1.72. The van der Waals surface area contributed by atoms with Crippen molar-refractivity contribution in [1.82, 2.24) is 0 Å². The zero-order valence-corrected chi connectivity index (χ0v) is 31.0. The van der Waals surface area contributed by atoms with Crippen molar-refractivity contribution in [3.8, 4) is 5.75 Å². The molecule has 0 atom stereocenters. The minimum Gasteiger partial charge on any atom is -0.507 e. The van der Waals surface area contributed by atoms with Gasteiger partial charge >= 0.3 is 11.9 Å². The van der Waals surface area contributed by atoms with Gasteiger partial charge in [0.15, 0.2) is 0 Å². The number of benzene rings is 1. The van der Waals surface area contributed by atoms with E-state index in [1.165, 1.54) is 89.0 Å². The fraction of sp³-hybridized carbons (Fsp3) is 0.800. The molecule has 266 valence electrons. The third-order valence-corrected chi connectivity index (χ3v) is 9.71. The van der Waals surface area contributed by atoms with Gasteiger partial charge < -0.3 is 14.6 Å². The Bertz CT molecular complexity index is 887. The second kappa shape index (κ2) is 30.6. The average Bonchev–Trinajstić information content (AvgIpc) is 3.04. The summed E-state index contributed by atoms with van der Waals surface area (Å²) in [6.45, 7) is 7.27. The summed E-state index contributed by atoms with van der Waals surface area (Å²) in [5, 5.41) is 10.3. The van der Waals surface area contributed by atoms with Crippen LogP contribution in [-0.2, 0) is 31.9 Å². The molecule has 0 bridgehead atoms. The molecule has 6 heteroatoms. The molecule has 0 aromatic heterocycles. The first-order valence-corrected chi connectivity index (χ1v) is 20.3. The van der Waals surface area contributed by atoms with E-state index in [1.54, 1.807) is 11.8 Å². The molecule has 0 unspecified atom stereocenters. The average molecular weight is 663 g/mol. The molecule has 0 aliphatic carbocycles. The molecule has 0 radical (unpaired) electrons. The third kappa shape index (κ3) is 24.5. The lowest BCUT2D eigenvalue weighted by Crippen LogP contribution is -2.09. The number of hydrogen-bond donors (Lipinski definition) is 1. The number of unbranched alkanes of at least 4 members (excludes halogenated alkanes) is 18. The lowest BCUT2D eigenvalue weighted by Gasteiger charge is -2.11. The quantitative estimate of drug-likeness (QED) is 0.0611. The lowest BCUT2D eigenvalue weighted by atomic mass is 9.97. The highest BCUT2D eigenvalue weighted by atomic mass is 32.2. The number of rotatable bonds is 32. The highest BCUT2D eigenvalue weighted by molar-refractivity contribution is 7.99. The predicted octanol–water partition coefficient (Wildman–Crippen LogP) is 11.6. The molecule has 0 aliphatic rings. The first-order valence-electron chi connectivity index (χ1n) is 19.2. The van der Waals surface area contributed by atoms with Crippen LogP contribution >= 0.6 is 11.8 Å². The van der Waals surface area contributed by atoms with E-state index in [2.05, 4.69) is 26.0 Å². The Morgan fingerprint density at radius 2 is 1.02 bits per heavy atom. The van der Waals surface area contributed by atoms with Gasteiger partial charge in [0.2, 0.25) is 0 Å².